The quantitative estimate of drug-likeness (QED) is 0.808. The van der Waals surface area contributed by atoms with E-state index in [1.165, 1.54) is 0 Å². The van der Waals surface area contributed by atoms with E-state index in [2.05, 4.69) is 0 Å². The minimum Gasteiger partial charge on any atom is -0.387 e. The van der Waals surface area contributed by atoms with Crippen LogP contribution in [0.15, 0.2) is 18.2 Å². The van der Waals surface area contributed by atoms with E-state index in [0.717, 1.165) is 18.2 Å². The summed E-state index contributed by atoms with van der Waals surface area (Å²) in [6.07, 6.45) is -5.71. The summed E-state index contributed by atoms with van der Waals surface area (Å²) >= 11 is 0. The SMILES string of the molecule is OC(CNCC(F)(F)F)c1ccc(F)c(F)c1. The minimum atomic E-state index is -4.38. The van der Waals surface area contributed by atoms with Crippen LogP contribution < -0.4 is 5.32 Å². The lowest BCUT2D eigenvalue weighted by molar-refractivity contribution is -0.125. The smallest absolute Gasteiger partial charge is 0.387 e. The molecular weight excluding hydrogens is 245 g/mol. The van der Waals surface area contributed by atoms with Crippen LogP contribution in [0.3, 0.4) is 0 Å². The lowest BCUT2D eigenvalue weighted by Gasteiger charge is -2.13. The molecular formula is C10H10F5NO. The van der Waals surface area contributed by atoms with Crippen LogP contribution in [-0.2, 0) is 0 Å². The van der Waals surface area contributed by atoms with Crippen molar-refractivity contribution in [1.29, 1.82) is 0 Å². The summed E-state index contributed by atoms with van der Waals surface area (Å²) in [7, 11) is 0. The number of rotatable bonds is 4. The van der Waals surface area contributed by atoms with E-state index in [9.17, 15) is 27.1 Å². The molecule has 1 atom stereocenters. The van der Waals surface area contributed by atoms with Crippen molar-refractivity contribution in [2.24, 2.45) is 0 Å². The van der Waals surface area contributed by atoms with Gasteiger partial charge in [0.25, 0.3) is 0 Å². The van der Waals surface area contributed by atoms with E-state index in [1.54, 1.807) is 0 Å². The topological polar surface area (TPSA) is 32.3 Å². The Bertz CT molecular complexity index is 379. The third kappa shape index (κ3) is 4.66. The van der Waals surface area contributed by atoms with Crippen LogP contribution >= 0.6 is 0 Å². The zero-order valence-corrected chi connectivity index (χ0v) is 8.56. The number of halogens is 5. The first-order valence-electron chi connectivity index (χ1n) is 4.70. The predicted octanol–water partition coefficient (Wildman–Crippen LogP) is 2.15. The molecule has 0 spiro atoms. The highest BCUT2D eigenvalue weighted by molar-refractivity contribution is 5.20. The molecule has 1 aromatic carbocycles. The van der Waals surface area contributed by atoms with E-state index < -0.39 is 37.0 Å². The van der Waals surface area contributed by atoms with Gasteiger partial charge >= 0.3 is 6.18 Å². The fourth-order valence-electron chi connectivity index (χ4n) is 1.19. The summed E-state index contributed by atoms with van der Waals surface area (Å²) in [4.78, 5) is 0. The van der Waals surface area contributed by atoms with E-state index >= 15 is 0 Å². The Morgan fingerprint density at radius 3 is 2.35 bits per heavy atom. The number of benzene rings is 1. The fraction of sp³-hybridized carbons (Fsp3) is 0.400. The van der Waals surface area contributed by atoms with Crippen molar-refractivity contribution in [2.75, 3.05) is 13.1 Å². The summed E-state index contributed by atoms with van der Waals surface area (Å²) in [5, 5.41) is 11.4. The molecule has 0 aliphatic heterocycles. The molecule has 17 heavy (non-hydrogen) atoms. The van der Waals surface area contributed by atoms with Gasteiger partial charge in [0.15, 0.2) is 11.6 Å². The second-order valence-electron chi connectivity index (χ2n) is 3.44. The maximum absolute atomic E-state index is 12.8. The van der Waals surface area contributed by atoms with Gasteiger partial charge in [-0.1, -0.05) is 6.07 Å². The number of hydrogen-bond acceptors (Lipinski definition) is 2. The van der Waals surface area contributed by atoms with Crippen molar-refractivity contribution in [3.05, 3.63) is 35.4 Å². The van der Waals surface area contributed by atoms with Crippen molar-refractivity contribution in [3.63, 3.8) is 0 Å². The Morgan fingerprint density at radius 1 is 1.18 bits per heavy atom. The van der Waals surface area contributed by atoms with Crippen molar-refractivity contribution in [3.8, 4) is 0 Å². The van der Waals surface area contributed by atoms with Gasteiger partial charge in [0.05, 0.1) is 12.6 Å². The maximum Gasteiger partial charge on any atom is 0.401 e. The fourth-order valence-corrected chi connectivity index (χ4v) is 1.19. The first kappa shape index (κ1) is 13.9. The van der Waals surface area contributed by atoms with Crippen molar-refractivity contribution < 1.29 is 27.1 Å². The summed E-state index contributed by atoms with van der Waals surface area (Å²) < 4.78 is 60.6. The second kappa shape index (κ2) is 5.42. The van der Waals surface area contributed by atoms with Gasteiger partial charge in [-0.25, -0.2) is 8.78 Å². The van der Waals surface area contributed by atoms with Gasteiger partial charge in [0.1, 0.15) is 0 Å². The first-order valence-corrected chi connectivity index (χ1v) is 4.70. The molecule has 0 bridgehead atoms. The van der Waals surface area contributed by atoms with Crippen LogP contribution in [-0.4, -0.2) is 24.4 Å². The Morgan fingerprint density at radius 2 is 1.82 bits per heavy atom. The van der Waals surface area contributed by atoms with Crippen LogP contribution in [0.1, 0.15) is 11.7 Å². The van der Waals surface area contributed by atoms with Crippen molar-refractivity contribution >= 4 is 0 Å². The number of nitrogens with one attached hydrogen (secondary N) is 1. The van der Waals surface area contributed by atoms with Crippen LogP contribution in [0.4, 0.5) is 22.0 Å². The van der Waals surface area contributed by atoms with Gasteiger partial charge in [0.2, 0.25) is 0 Å². The normalized spacial score (nSPS) is 13.8. The summed E-state index contributed by atoms with van der Waals surface area (Å²) in [5.74, 6) is -2.23. The first-order chi connectivity index (χ1) is 7.79. The summed E-state index contributed by atoms with van der Waals surface area (Å²) in [5.41, 5.74) is 0.0126. The number of hydrogen-bond donors (Lipinski definition) is 2. The molecule has 0 saturated carbocycles. The van der Waals surface area contributed by atoms with Gasteiger partial charge in [-0.05, 0) is 17.7 Å². The molecule has 2 N–H and O–H groups in total. The van der Waals surface area contributed by atoms with E-state index in [1.807, 2.05) is 5.32 Å². The van der Waals surface area contributed by atoms with Crippen molar-refractivity contribution in [2.45, 2.75) is 12.3 Å². The Labute approximate surface area is 94.1 Å². The number of aliphatic hydroxyl groups is 1. The molecule has 0 aliphatic carbocycles. The van der Waals surface area contributed by atoms with Gasteiger partial charge in [-0.2, -0.15) is 13.2 Å². The molecule has 0 saturated heterocycles. The molecule has 0 aliphatic rings. The monoisotopic (exact) mass is 255 g/mol. The van der Waals surface area contributed by atoms with Crippen LogP contribution in [0.5, 0.6) is 0 Å². The van der Waals surface area contributed by atoms with Gasteiger partial charge in [0, 0.05) is 6.54 Å². The molecule has 0 aromatic heterocycles. The molecule has 2 nitrogen and oxygen atoms in total. The maximum atomic E-state index is 12.8. The van der Waals surface area contributed by atoms with Crippen molar-refractivity contribution in [1.82, 2.24) is 5.32 Å². The highest BCUT2D eigenvalue weighted by Crippen LogP contribution is 2.17. The van der Waals surface area contributed by atoms with Gasteiger partial charge in [-0.3, -0.25) is 0 Å². The standard InChI is InChI=1S/C10H10F5NO/c11-7-2-1-6(3-8(7)12)9(17)4-16-5-10(13,14)15/h1-3,9,16-17H,4-5H2. The Hall–Kier alpha value is -1.21. The van der Waals surface area contributed by atoms with E-state index in [-0.39, 0.29) is 5.56 Å². The number of alkyl halides is 3. The minimum absolute atomic E-state index is 0.0126. The molecule has 1 unspecified atom stereocenters. The zero-order valence-electron chi connectivity index (χ0n) is 8.56. The molecule has 0 fully saturated rings. The highest BCUT2D eigenvalue weighted by atomic mass is 19.4. The van der Waals surface area contributed by atoms with Crippen LogP contribution in [0, 0.1) is 11.6 Å². The van der Waals surface area contributed by atoms with Gasteiger partial charge in [-0.15, -0.1) is 0 Å². The lowest BCUT2D eigenvalue weighted by atomic mass is 10.1. The van der Waals surface area contributed by atoms with E-state index in [0.29, 0.717) is 0 Å². The predicted molar refractivity (Wildman–Crippen MR) is 50.2 cm³/mol. The second-order valence-corrected chi connectivity index (χ2v) is 3.44. The largest absolute Gasteiger partial charge is 0.401 e. The highest BCUT2D eigenvalue weighted by Gasteiger charge is 2.26. The molecule has 0 heterocycles. The van der Waals surface area contributed by atoms with Crippen LogP contribution in [0.2, 0.25) is 0 Å². The average molecular weight is 255 g/mol. The lowest BCUT2D eigenvalue weighted by Crippen LogP contribution is -2.31. The van der Waals surface area contributed by atoms with Gasteiger partial charge < -0.3 is 10.4 Å². The molecule has 0 amide bonds. The number of aliphatic hydroxyl groups excluding tert-OH is 1. The molecule has 1 aromatic rings. The molecule has 0 radical (unpaired) electrons. The Kier molecular flexibility index (Phi) is 4.41. The third-order valence-electron chi connectivity index (χ3n) is 1.99. The van der Waals surface area contributed by atoms with E-state index in [4.69, 9.17) is 0 Å². The summed E-state index contributed by atoms with van der Waals surface area (Å²) in [6, 6.07) is 2.66. The third-order valence-corrected chi connectivity index (χ3v) is 1.99. The van der Waals surface area contributed by atoms with Crippen LogP contribution in [0.25, 0.3) is 0 Å². The average Bonchev–Trinajstić information content (AvgIpc) is 2.20. The zero-order chi connectivity index (χ0) is 13.1. The molecule has 1 rings (SSSR count). The Balaban J connectivity index is 2.52. The molecule has 96 valence electrons. The summed E-state index contributed by atoms with van der Waals surface area (Å²) in [6.45, 7) is -1.65. The molecule has 7 heteroatoms.